The average molecular weight is 377 g/mol. The first-order chi connectivity index (χ1) is 13.5. The second kappa shape index (κ2) is 8.38. The molecule has 1 aromatic heterocycles. The van der Waals surface area contributed by atoms with Crippen molar-refractivity contribution < 1.29 is 9.59 Å². The number of nitrogens with zero attached hydrogens (tertiary/aromatic N) is 2. The van der Waals surface area contributed by atoms with Crippen molar-refractivity contribution in [1.82, 2.24) is 9.88 Å². The Morgan fingerprint density at radius 3 is 2.36 bits per heavy atom. The summed E-state index contributed by atoms with van der Waals surface area (Å²) in [7, 11) is 0. The summed E-state index contributed by atoms with van der Waals surface area (Å²) in [5, 5.41) is 3.05. The summed E-state index contributed by atoms with van der Waals surface area (Å²) < 4.78 is 0. The van der Waals surface area contributed by atoms with Crippen LogP contribution in [-0.4, -0.2) is 34.8 Å². The van der Waals surface area contributed by atoms with E-state index in [2.05, 4.69) is 30.7 Å². The lowest BCUT2D eigenvalue weighted by Gasteiger charge is -2.40. The molecule has 0 radical (unpaired) electrons. The van der Waals surface area contributed by atoms with E-state index in [-0.39, 0.29) is 11.8 Å². The third-order valence-corrected chi connectivity index (χ3v) is 5.50. The molecular formula is C23H27N3O2. The summed E-state index contributed by atoms with van der Waals surface area (Å²) in [5.74, 6) is 0.200. The lowest BCUT2D eigenvalue weighted by atomic mass is 9.72. The van der Waals surface area contributed by atoms with E-state index in [1.54, 1.807) is 11.1 Å². The van der Waals surface area contributed by atoms with E-state index in [0.29, 0.717) is 37.5 Å². The van der Waals surface area contributed by atoms with Crippen LogP contribution in [0.15, 0.2) is 61.3 Å². The fourth-order valence-electron chi connectivity index (χ4n) is 3.71. The van der Waals surface area contributed by atoms with Gasteiger partial charge >= 0.3 is 0 Å². The highest BCUT2D eigenvalue weighted by atomic mass is 16.2. The van der Waals surface area contributed by atoms with Crippen LogP contribution in [0.2, 0.25) is 0 Å². The van der Waals surface area contributed by atoms with Crippen LogP contribution in [0.3, 0.4) is 0 Å². The topological polar surface area (TPSA) is 62.3 Å². The first kappa shape index (κ1) is 19.8. The molecule has 1 aromatic carbocycles. The Morgan fingerprint density at radius 1 is 1.14 bits per heavy atom. The van der Waals surface area contributed by atoms with E-state index in [1.165, 1.54) is 6.08 Å². The largest absolute Gasteiger partial charge is 0.339 e. The first-order valence-corrected chi connectivity index (χ1v) is 9.70. The zero-order valence-corrected chi connectivity index (χ0v) is 16.5. The van der Waals surface area contributed by atoms with E-state index in [0.717, 1.165) is 11.3 Å². The summed E-state index contributed by atoms with van der Waals surface area (Å²) in [6, 6.07) is 13.7. The van der Waals surface area contributed by atoms with Crippen molar-refractivity contribution in [2.45, 2.75) is 38.0 Å². The van der Waals surface area contributed by atoms with Crippen molar-refractivity contribution >= 4 is 17.5 Å². The summed E-state index contributed by atoms with van der Waals surface area (Å²) >= 11 is 0. The number of rotatable bonds is 5. The molecule has 2 heterocycles. The highest BCUT2D eigenvalue weighted by molar-refractivity contribution is 5.99. The second-order valence-electron chi connectivity index (χ2n) is 7.56. The van der Waals surface area contributed by atoms with Gasteiger partial charge in [-0.15, -0.1) is 0 Å². The number of hydrogen-bond acceptors (Lipinski definition) is 3. The van der Waals surface area contributed by atoms with Gasteiger partial charge in [0.2, 0.25) is 11.8 Å². The Balaban J connectivity index is 1.84. The summed E-state index contributed by atoms with van der Waals surface area (Å²) in [6.07, 6.45) is 4.18. The fourth-order valence-corrected chi connectivity index (χ4v) is 3.71. The Kier molecular flexibility index (Phi) is 5.93. The predicted octanol–water partition coefficient (Wildman–Crippen LogP) is 3.89. The minimum absolute atomic E-state index is 0.0523. The number of likely N-dealkylation sites (tertiary alicyclic amines) is 1. The van der Waals surface area contributed by atoms with Crippen LogP contribution in [0.1, 0.15) is 43.9 Å². The number of carbonyl (C=O) groups excluding carboxylic acids is 2. The zero-order chi connectivity index (χ0) is 20.1. The lowest BCUT2D eigenvalue weighted by Crippen LogP contribution is -2.50. The maximum absolute atomic E-state index is 13.4. The van der Waals surface area contributed by atoms with Crippen LogP contribution in [0.25, 0.3) is 0 Å². The molecule has 1 N–H and O–H groups in total. The predicted molar refractivity (Wildman–Crippen MR) is 111 cm³/mol. The molecule has 0 unspecified atom stereocenters. The Bertz CT molecular complexity index is 836. The Morgan fingerprint density at radius 2 is 1.82 bits per heavy atom. The third kappa shape index (κ3) is 3.98. The van der Waals surface area contributed by atoms with Crippen molar-refractivity contribution in [2.24, 2.45) is 0 Å². The van der Waals surface area contributed by atoms with Crippen LogP contribution < -0.4 is 5.32 Å². The molecule has 2 aromatic rings. The summed E-state index contributed by atoms with van der Waals surface area (Å²) in [4.78, 5) is 31.5. The van der Waals surface area contributed by atoms with Gasteiger partial charge in [0.1, 0.15) is 0 Å². The number of piperidine rings is 1. The molecule has 1 saturated heterocycles. The molecule has 5 nitrogen and oxygen atoms in total. The maximum atomic E-state index is 13.4. The summed E-state index contributed by atoms with van der Waals surface area (Å²) in [5.41, 5.74) is 1.99. The lowest BCUT2D eigenvalue weighted by molar-refractivity contribution is -0.131. The quantitative estimate of drug-likeness (QED) is 0.804. The first-order valence-electron chi connectivity index (χ1n) is 9.70. The monoisotopic (exact) mass is 377 g/mol. The van der Waals surface area contributed by atoms with Crippen LogP contribution in [-0.2, 0) is 15.0 Å². The van der Waals surface area contributed by atoms with Crippen LogP contribution in [0, 0.1) is 0 Å². The van der Waals surface area contributed by atoms with Gasteiger partial charge in [0.05, 0.1) is 17.3 Å². The SMILES string of the molecule is C=CC(=O)N1CCC(C(=O)Nc2ccc(C(C)C)nc2)(c2ccccc2)CC1. The van der Waals surface area contributed by atoms with Crippen molar-refractivity contribution in [3.8, 4) is 0 Å². The van der Waals surface area contributed by atoms with Gasteiger partial charge in [-0.3, -0.25) is 14.6 Å². The number of pyridine rings is 1. The minimum Gasteiger partial charge on any atom is -0.339 e. The van der Waals surface area contributed by atoms with Gasteiger partial charge < -0.3 is 10.2 Å². The molecule has 5 heteroatoms. The Hall–Kier alpha value is -2.95. The molecule has 146 valence electrons. The van der Waals surface area contributed by atoms with Crippen molar-refractivity contribution in [3.05, 3.63) is 72.6 Å². The standard InChI is InChI=1S/C23H27N3O2/c1-4-21(27)26-14-12-23(13-15-26,18-8-6-5-7-9-18)22(28)25-19-10-11-20(17(2)3)24-16-19/h4-11,16-17H,1,12-15H2,2-3H3,(H,25,28). The van der Waals surface area contributed by atoms with E-state index >= 15 is 0 Å². The average Bonchev–Trinajstić information content (AvgIpc) is 2.74. The molecule has 2 amide bonds. The fraction of sp³-hybridized carbons (Fsp3) is 0.348. The van der Waals surface area contributed by atoms with E-state index < -0.39 is 5.41 Å². The molecule has 1 fully saturated rings. The number of benzene rings is 1. The molecule has 3 rings (SSSR count). The maximum Gasteiger partial charge on any atom is 0.245 e. The number of anilines is 1. The zero-order valence-electron chi connectivity index (χ0n) is 16.5. The van der Waals surface area contributed by atoms with Gasteiger partial charge in [-0.25, -0.2) is 0 Å². The molecule has 0 bridgehead atoms. The van der Waals surface area contributed by atoms with Gasteiger partial charge in [-0.2, -0.15) is 0 Å². The molecule has 1 aliphatic heterocycles. The normalized spacial score (nSPS) is 15.9. The van der Waals surface area contributed by atoms with Gasteiger partial charge in [-0.05, 0) is 42.5 Å². The molecular weight excluding hydrogens is 350 g/mol. The molecule has 0 atom stereocenters. The molecule has 0 saturated carbocycles. The summed E-state index contributed by atoms with van der Waals surface area (Å²) in [6.45, 7) is 8.79. The smallest absolute Gasteiger partial charge is 0.245 e. The number of nitrogens with one attached hydrogen (secondary N) is 1. The Labute approximate surface area is 166 Å². The number of aromatic nitrogens is 1. The third-order valence-electron chi connectivity index (χ3n) is 5.50. The van der Waals surface area contributed by atoms with Crippen molar-refractivity contribution in [1.29, 1.82) is 0 Å². The minimum atomic E-state index is -0.671. The van der Waals surface area contributed by atoms with Crippen molar-refractivity contribution in [2.75, 3.05) is 18.4 Å². The van der Waals surface area contributed by atoms with Crippen LogP contribution in [0.4, 0.5) is 5.69 Å². The van der Waals surface area contributed by atoms with Gasteiger partial charge in [0.15, 0.2) is 0 Å². The molecule has 0 aliphatic carbocycles. The van der Waals surface area contributed by atoms with Crippen LogP contribution in [0.5, 0.6) is 0 Å². The highest BCUT2D eigenvalue weighted by Crippen LogP contribution is 2.37. The van der Waals surface area contributed by atoms with Crippen molar-refractivity contribution in [3.63, 3.8) is 0 Å². The van der Waals surface area contributed by atoms with E-state index in [4.69, 9.17) is 0 Å². The van der Waals surface area contributed by atoms with Gasteiger partial charge in [0.25, 0.3) is 0 Å². The van der Waals surface area contributed by atoms with Gasteiger partial charge in [0, 0.05) is 18.8 Å². The molecule has 0 spiro atoms. The molecule has 28 heavy (non-hydrogen) atoms. The van der Waals surface area contributed by atoms with E-state index in [9.17, 15) is 9.59 Å². The van der Waals surface area contributed by atoms with Crippen LogP contribution >= 0.6 is 0 Å². The number of hydrogen-bond donors (Lipinski definition) is 1. The second-order valence-corrected chi connectivity index (χ2v) is 7.56. The number of carbonyl (C=O) groups is 2. The van der Waals surface area contributed by atoms with E-state index in [1.807, 2.05) is 42.5 Å². The number of amides is 2. The van der Waals surface area contributed by atoms with Gasteiger partial charge in [-0.1, -0.05) is 50.8 Å². The highest BCUT2D eigenvalue weighted by Gasteiger charge is 2.43. The molecule has 1 aliphatic rings.